The summed E-state index contributed by atoms with van der Waals surface area (Å²) in [5, 5.41) is 11.2. The molecule has 1 amide bonds. The van der Waals surface area contributed by atoms with Gasteiger partial charge in [0.05, 0.1) is 31.9 Å². The summed E-state index contributed by atoms with van der Waals surface area (Å²) in [7, 11) is 1.58. The Hall–Kier alpha value is -2.68. The van der Waals surface area contributed by atoms with Crippen LogP contribution in [-0.2, 0) is 14.3 Å². The first-order valence-corrected chi connectivity index (χ1v) is 12.2. The van der Waals surface area contributed by atoms with Gasteiger partial charge in [-0.25, -0.2) is 0 Å². The van der Waals surface area contributed by atoms with E-state index in [1.54, 1.807) is 30.2 Å². The molecule has 0 bridgehead atoms. The van der Waals surface area contributed by atoms with Crippen molar-refractivity contribution >= 4 is 33.4 Å². The van der Waals surface area contributed by atoms with Crippen LogP contribution in [0.25, 0.3) is 5.76 Å². The molecule has 0 spiro atoms. The van der Waals surface area contributed by atoms with Crippen molar-refractivity contribution < 1.29 is 24.2 Å². The van der Waals surface area contributed by atoms with Gasteiger partial charge in [0.25, 0.3) is 11.7 Å². The molecular weight excluding hydrogens is 500 g/mol. The molecule has 0 aliphatic carbocycles. The average molecular weight is 529 g/mol. The van der Waals surface area contributed by atoms with Gasteiger partial charge in [0.15, 0.2) is 0 Å². The summed E-state index contributed by atoms with van der Waals surface area (Å²) >= 11 is 3.44. The molecule has 34 heavy (non-hydrogen) atoms. The molecule has 2 fully saturated rings. The van der Waals surface area contributed by atoms with Crippen molar-refractivity contribution in [2.75, 3.05) is 46.5 Å². The number of benzene rings is 2. The van der Waals surface area contributed by atoms with Crippen LogP contribution in [0.5, 0.6) is 5.75 Å². The number of ketones is 1. The van der Waals surface area contributed by atoms with Gasteiger partial charge in [-0.1, -0.05) is 28.1 Å². The number of carbonyl (C=O) groups is 2. The predicted octanol–water partition coefficient (Wildman–Crippen LogP) is 3.91. The maximum Gasteiger partial charge on any atom is 0.295 e. The fraction of sp³-hybridized carbons (Fsp3) is 0.385. The van der Waals surface area contributed by atoms with Crippen LogP contribution in [0.15, 0.2) is 52.5 Å². The van der Waals surface area contributed by atoms with Crippen LogP contribution < -0.4 is 4.74 Å². The van der Waals surface area contributed by atoms with E-state index in [4.69, 9.17) is 9.47 Å². The highest BCUT2D eigenvalue weighted by atomic mass is 79.9. The third-order valence-electron chi connectivity index (χ3n) is 6.37. The molecule has 2 aromatic rings. The Kier molecular flexibility index (Phi) is 7.70. The number of halogens is 1. The smallest absolute Gasteiger partial charge is 0.295 e. The molecule has 2 heterocycles. The fourth-order valence-corrected chi connectivity index (χ4v) is 4.84. The minimum Gasteiger partial charge on any atom is -0.507 e. The summed E-state index contributed by atoms with van der Waals surface area (Å²) in [5.41, 5.74) is 2.20. The number of hydrogen-bond acceptors (Lipinski definition) is 6. The lowest BCUT2D eigenvalue weighted by molar-refractivity contribution is -0.140. The highest BCUT2D eigenvalue weighted by Crippen LogP contribution is 2.40. The third-order valence-corrected chi connectivity index (χ3v) is 6.90. The summed E-state index contributed by atoms with van der Waals surface area (Å²) in [6.07, 6.45) is 0.724. The molecular formula is C26H29BrN2O5. The first-order chi connectivity index (χ1) is 16.4. The standard InChI is InChI=1S/C26H29BrN2O5/c1-17-16-19(6-9-21(17)33-2)24(30)22-23(18-4-7-20(27)8-5-18)29(26(32)25(22)31)11-3-10-28-12-14-34-15-13-28/h4-9,16,23,30H,3,10-15H2,1-2H3/t23-/m1/s1. The molecule has 2 aliphatic heterocycles. The Bertz CT molecular complexity index is 1090. The van der Waals surface area contributed by atoms with Gasteiger partial charge in [0.1, 0.15) is 11.5 Å². The van der Waals surface area contributed by atoms with Gasteiger partial charge in [-0.3, -0.25) is 14.5 Å². The van der Waals surface area contributed by atoms with E-state index in [-0.39, 0.29) is 11.3 Å². The Morgan fingerprint density at radius 3 is 2.47 bits per heavy atom. The Balaban J connectivity index is 1.68. The van der Waals surface area contributed by atoms with Crippen LogP contribution in [-0.4, -0.2) is 73.1 Å². The molecule has 1 N–H and O–H groups in total. The van der Waals surface area contributed by atoms with Crippen molar-refractivity contribution in [3.05, 3.63) is 69.2 Å². The maximum absolute atomic E-state index is 13.2. The minimum absolute atomic E-state index is 0.114. The summed E-state index contributed by atoms with van der Waals surface area (Å²) in [6, 6.07) is 12.1. The number of aliphatic hydroxyl groups is 1. The van der Waals surface area contributed by atoms with Crippen molar-refractivity contribution in [3.8, 4) is 5.75 Å². The maximum atomic E-state index is 13.2. The molecule has 0 unspecified atom stereocenters. The van der Waals surface area contributed by atoms with Gasteiger partial charge in [-0.05, 0) is 54.8 Å². The second-order valence-electron chi connectivity index (χ2n) is 8.54. The largest absolute Gasteiger partial charge is 0.507 e. The topological polar surface area (TPSA) is 79.3 Å². The molecule has 2 aromatic carbocycles. The number of methoxy groups -OCH3 is 1. The first-order valence-electron chi connectivity index (χ1n) is 11.4. The van der Waals surface area contributed by atoms with E-state index in [9.17, 15) is 14.7 Å². The zero-order valence-electron chi connectivity index (χ0n) is 19.4. The van der Waals surface area contributed by atoms with Crippen molar-refractivity contribution in [2.24, 2.45) is 0 Å². The molecule has 2 aliphatic rings. The van der Waals surface area contributed by atoms with Gasteiger partial charge in [-0.2, -0.15) is 0 Å². The van der Waals surface area contributed by atoms with Crippen LogP contribution in [0.3, 0.4) is 0 Å². The molecule has 1 atom stereocenters. The van der Waals surface area contributed by atoms with E-state index in [1.807, 2.05) is 31.2 Å². The SMILES string of the molecule is COc1ccc(C(O)=C2C(=O)C(=O)N(CCCN3CCOCC3)[C@@H]2c2ccc(Br)cc2)cc1C. The third kappa shape index (κ3) is 5.04. The number of Topliss-reactive ketones (excluding diaryl/α,β-unsaturated/α-hetero) is 1. The van der Waals surface area contributed by atoms with Crippen molar-refractivity contribution in [2.45, 2.75) is 19.4 Å². The molecule has 0 saturated carbocycles. The number of ether oxygens (including phenoxy) is 2. The van der Waals surface area contributed by atoms with Crippen LogP contribution in [0, 0.1) is 6.92 Å². The molecule has 0 radical (unpaired) electrons. The number of aryl methyl sites for hydroxylation is 1. The normalized spacial score (nSPS) is 20.7. The molecule has 4 rings (SSSR count). The zero-order chi connectivity index (χ0) is 24.2. The van der Waals surface area contributed by atoms with E-state index < -0.39 is 17.7 Å². The number of hydrogen-bond donors (Lipinski definition) is 1. The van der Waals surface area contributed by atoms with Gasteiger partial charge in [0, 0.05) is 36.2 Å². The number of carbonyl (C=O) groups excluding carboxylic acids is 2. The van der Waals surface area contributed by atoms with E-state index in [0.717, 1.165) is 41.7 Å². The quantitative estimate of drug-likeness (QED) is 0.333. The summed E-state index contributed by atoms with van der Waals surface area (Å²) in [4.78, 5) is 30.2. The van der Waals surface area contributed by atoms with Gasteiger partial charge in [0.2, 0.25) is 0 Å². The van der Waals surface area contributed by atoms with Crippen LogP contribution in [0.4, 0.5) is 0 Å². The monoisotopic (exact) mass is 528 g/mol. The van der Waals surface area contributed by atoms with Crippen molar-refractivity contribution in [1.82, 2.24) is 9.80 Å². The summed E-state index contributed by atoms with van der Waals surface area (Å²) < 4.78 is 11.6. The lowest BCUT2D eigenvalue weighted by Gasteiger charge is -2.29. The molecule has 2 saturated heterocycles. The summed E-state index contributed by atoms with van der Waals surface area (Å²) in [5.74, 6) is -0.732. The fourth-order valence-electron chi connectivity index (χ4n) is 4.57. The van der Waals surface area contributed by atoms with Gasteiger partial charge >= 0.3 is 0 Å². The summed E-state index contributed by atoms with van der Waals surface area (Å²) in [6.45, 7) is 6.26. The number of aliphatic hydroxyl groups excluding tert-OH is 1. The van der Waals surface area contributed by atoms with E-state index in [0.29, 0.717) is 31.1 Å². The highest BCUT2D eigenvalue weighted by Gasteiger charge is 2.45. The predicted molar refractivity (Wildman–Crippen MR) is 133 cm³/mol. The Labute approximate surface area is 208 Å². The number of amides is 1. The highest BCUT2D eigenvalue weighted by molar-refractivity contribution is 9.10. The molecule has 0 aromatic heterocycles. The second-order valence-corrected chi connectivity index (χ2v) is 9.45. The number of rotatable bonds is 7. The van der Waals surface area contributed by atoms with Crippen molar-refractivity contribution in [3.63, 3.8) is 0 Å². The molecule has 7 nitrogen and oxygen atoms in total. The number of likely N-dealkylation sites (tertiary alicyclic amines) is 1. The van der Waals surface area contributed by atoms with Gasteiger partial charge in [-0.15, -0.1) is 0 Å². The van der Waals surface area contributed by atoms with E-state index in [2.05, 4.69) is 20.8 Å². The van der Waals surface area contributed by atoms with E-state index >= 15 is 0 Å². The first kappa shape index (κ1) is 24.4. The second kappa shape index (κ2) is 10.7. The van der Waals surface area contributed by atoms with Crippen molar-refractivity contribution in [1.29, 1.82) is 0 Å². The van der Waals surface area contributed by atoms with E-state index in [1.165, 1.54) is 0 Å². The molecule has 8 heteroatoms. The van der Waals surface area contributed by atoms with Crippen LogP contribution in [0.2, 0.25) is 0 Å². The lowest BCUT2D eigenvalue weighted by atomic mass is 9.95. The average Bonchev–Trinajstić information content (AvgIpc) is 3.09. The number of nitrogens with zero attached hydrogens (tertiary/aromatic N) is 2. The van der Waals surface area contributed by atoms with Crippen LogP contribution >= 0.6 is 15.9 Å². The number of morpholine rings is 1. The van der Waals surface area contributed by atoms with Gasteiger partial charge < -0.3 is 19.5 Å². The zero-order valence-corrected chi connectivity index (χ0v) is 21.0. The Morgan fingerprint density at radius 2 is 1.82 bits per heavy atom. The Morgan fingerprint density at radius 1 is 1.12 bits per heavy atom. The lowest BCUT2D eigenvalue weighted by Crippen LogP contribution is -2.38. The minimum atomic E-state index is -0.662. The van der Waals surface area contributed by atoms with Crippen LogP contribution in [0.1, 0.15) is 29.2 Å². The molecule has 180 valence electrons.